The van der Waals surface area contributed by atoms with Gasteiger partial charge in [-0.3, -0.25) is 10.2 Å². The van der Waals surface area contributed by atoms with Crippen molar-refractivity contribution < 1.29 is 4.79 Å². The van der Waals surface area contributed by atoms with Gasteiger partial charge < -0.3 is 9.80 Å². The highest BCUT2D eigenvalue weighted by atomic mass is 16.2. The van der Waals surface area contributed by atoms with E-state index in [0.29, 0.717) is 0 Å². The van der Waals surface area contributed by atoms with Crippen LogP contribution in [-0.4, -0.2) is 32.1 Å². The van der Waals surface area contributed by atoms with Crippen LogP contribution in [0.5, 0.6) is 0 Å². The first-order chi connectivity index (χ1) is 8.15. The van der Waals surface area contributed by atoms with E-state index in [4.69, 9.17) is 5.84 Å². The van der Waals surface area contributed by atoms with Gasteiger partial charge in [-0.15, -0.1) is 0 Å². The Hall–Kier alpha value is -1.75. The smallest absolute Gasteiger partial charge is 0.256 e. The van der Waals surface area contributed by atoms with Crippen LogP contribution < -0.4 is 21.1 Å². The highest BCUT2D eigenvalue weighted by Crippen LogP contribution is 2.32. The summed E-state index contributed by atoms with van der Waals surface area (Å²) in [5.41, 5.74) is 4.44. The summed E-state index contributed by atoms with van der Waals surface area (Å²) in [4.78, 5) is 15.9. The number of nitrogens with one attached hydrogen (secondary N) is 1. The standard InChI is InChI=1S/C12H18N4O/c1-9(12(17)14-13)16-8-7-15(2)10-5-3-4-6-11(10)16/h3-6,9H,7-8,13H2,1-2H3,(H,14,17). The molecule has 0 fully saturated rings. The minimum absolute atomic E-state index is 0.163. The van der Waals surface area contributed by atoms with E-state index in [-0.39, 0.29) is 11.9 Å². The van der Waals surface area contributed by atoms with E-state index in [1.165, 1.54) is 0 Å². The second-order valence-electron chi connectivity index (χ2n) is 4.29. The zero-order valence-electron chi connectivity index (χ0n) is 10.2. The van der Waals surface area contributed by atoms with Crippen LogP contribution in [0.4, 0.5) is 11.4 Å². The van der Waals surface area contributed by atoms with E-state index < -0.39 is 0 Å². The number of rotatable bonds is 2. The van der Waals surface area contributed by atoms with Crippen LogP contribution in [-0.2, 0) is 4.79 Å². The summed E-state index contributed by atoms with van der Waals surface area (Å²) in [5, 5.41) is 0. The summed E-state index contributed by atoms with van der Waals surface area (Å²) in [6.07, 6.45) is 0. The molecule has 0 aliphatic carbocycles. The number of para-hydroxylation sites is 2. The van der Waals surface area contributed by atoms with Crippen molar-refractivity contribution in [2.45, 2.75) is 13.0 Å². The summed E-state index contributed by atoms with van der Waals surface area (Å²) in [6, 6.07) is 7.83. The van der Waals surface area contributed by atoms with E-state index in [9.17, 15) is 4.79 Å². The predicted octanol–water partition coefficient (Wildman–Crippen LogP) is 0.321. The Morgan fingerprint density at radius 1 is 1.35 bits per heavy atom. The van der Waals surface area contributed by atoms with E-state index in [2.05, 4.69) is 28.3 Å². The van der Waals surface area contributed by atoms with Crippen LogP contribution in [0.2, 0.25) is 0 Å². The van der Waals surface area contributed by atoms with Gasteiger partial charge in [-0.2, -0.15) is 0 Å². The van der Waals surface area contributed by atoms with Crippen molar-refractivity contribution in [3.8, 4) is 0 Å². The number of hydrogen-bond donors (Lipinski definition) is 2. The van der Waals surface area contributed by atoms with Gasteiger partial charge in [-0.1, -0.05) is 12.1 Å². The minimum Gasteiger partial charge on any atom is -0.371 e. The SMILES string of the molecule is CC(C(=O)NN)N1CCN(C)c2ccccc21. The summed E-state index contributed by atoms with van der Waals surface area (Å²) < 4.78 is 0. The molecule has 0 radical (unpaired) electrons. The van der Waals surface area contributed by atoms with E-state index >= 15 is 0 Å². The number of anilines is 2. The Morgan fingerprint density at radius 2 is 2.00 bits per heavy atom. The molecule has 1 aromatic rings. The summed E-state index contributed by atoms with van der Waals surface area (Å²) in [6.45, 7) is 3.59. The number of carbonyl (C=O) groups excluding carboxylic acids is 1. The normalized spacial score (nSPS) is 16.4. The first kappa shape index (κ1) is 11.7. The van der Waals surface area contributed by atoms with Crippen molar-refractivity contribution in [2.24, 2.45) is 5.84 Å². The zero-order valence-corrected chi connectivity index (χ0v) is 10.2. The van der Waals surface area contributed by atoms with Gasteiger partial charge in [0, 0.05) is 20.1 Å². The Morgan fingerprint density at radius 3 is 2.65 bits per heavy atom. The highest BCUT2D eigenvalue weighted by molar-refractivity contribution is 5.87. The minimum atomic E-state index is -0.255. The molecule has 1 aromatic carbocycles. The van der Waals surface area contributed by atoms with Gasteiger partial charge in [0.2, 0.25) is 0 Å². The van der Waals surface area contributed by atoms with Gasteiger partial charge in [0.15, 0.2) is 0 Å². The Kier molecular flexibility index (Phi) is 3.19. The van der Waals surface area contributed by atoms with E-state index in [1.807, 2.05) is 25.1 Å². The molecule has 1 amide bonds. The molecule has 1 heterocycles. The fourth-order valence-corrected chi connectivity index (χ4v) is 2.19. The molecule has 3 N–H and O–H groups in total. The molecule has 0 saturated heterocycles. The first-order valence-electron chi connectivity index (χ1n) is 5.72. The van der Waals surface area contributed by atoms with Crippen LogP contribution in [0, 0.1) is 0 Å². The Bertz CT molecular complexity index is 421. The molecule has 0 saturated carbocycles. The number of hydrazine groups is 1. The maximum absolute atomic E-state index is 11.6. The number of nitrogens with zero attached hydrogens (tertiary/aromatic N) is 2. The van der Waals surface area contributed by atoms with Crippen molar-refractivity contribution in [1.82, 2.24) is 5.43 Å². The van der Waals surface area contributed by atoms with Gasteiger partial charge in [0.25, 0.3) is 5.91 Å². The average Bonchev–Trinajstić information content (AvgIpc) is 2.38. The van der Waals surface area contributed by atoms with E-state index in [1.54, 1.807) is 0 Å². The molecular weight excluding hydrogens is 216 g/mol. The van der Waals surface area contributed by atoms with Crippen molar-refractivity contribution in [3.05, 3.63) is 24.3 Å². The Labute approximate surface area is 101 Å². The molecular formula is C12H18N4O. The van der Waals surface area contributed by atoms with Gasteiger partial charge in [-0.05, 0) is 19.1 Å². The lowest BCUT2D eigenvalue weighted by atomic mass is 10.1. The second kappa shape index (κ2) is 4.63. The third-order valence-electron chi connectivity index (χ3n) is 3.27. The second-order valence-corrected chi connectivity index (χ2v) is 4.29. The predicted molar refractivity (Wildman–Crippen MR) is 68.9 cm³/mol. The number of amides is 1. The summed E-state index contributed by atoms with van der Waals surface area (Å²) in [5.74, 6) is 5.03. The number of fused-ring (bicyclic) bond motifs is 1. The molecule has 0 aromatic heterocycles. The van der Waals surface area contributed by atoms with Crippen molar-refractivity contribution >= 4 is 17.3 Å². The van der Waals surface area contributed by atoms with Crippen molar-refractivity contribution in [3.63, 3.8) is 0 Å². The van der Waals surface area contributed by atoms with Gasteiger partial charge >= 0.3 is 0 Å². The number of benzene rings is 1. The summed E-state index contributed by atoms with van der Waals surface area (Å²) >= 11 is 0. The van der Waals surface area contributed by atoms with Crippen molar-refractivity contribution in [2.75, 3.05) is 29.9 Å². The first-order valence-corrected chi connectivity index (χ1v) is 5.72. The van der Waals surface area contributed by atoms with Crippen LogP contribution in [0.1, 0.15) is 6.92 Å². The topological polar surface area (TPSA) is 61.6 Å². The van der Waals surface area contributed by atoms with Crippen LogP contribution >= 0.6 is 0 Å². The van der Waals surface area contributed by atoms with Crippen LogP contribution in [0.15, 0.2) is 24.3 Å². The third kappa shape index (κ3) is 2.06. The van der Waals surface area contributed by atoms with Gasteiger partial charge in [-0.25, -0.2) is 5.84 Å². The number of nitrogens with two attached hydrogens (primary N) is 1. The quantitative estimate of drug-likeness (QED) is 0.439. The van der Waals surface area contributed by atoms with E-state index in [0.717, 1.165) is 24.5 Å². The molecule has 17 heavy (non-hydrogen) atoms. The lowest BCUT2D eigenvalue weighted by Gasteiger charge is -2.39. The fourth-order valence-electron chi connectivity index (χ4n) is 2.19. The molecule has 1 atom stereocenters. The lowest BCUT2D eigenvalue weighted by molar-refractivity contribution is -0.122. The van der Waals surface area contributed by atoms with Crippen LogP contribution in [0.3, 0.4) is 0 Å². The molecule has 2 rings (SSSR count). The molecule has 5 nitrogen and oxygen atoms in total. The summed E-state index contributed by atoms with van der Waals surface area (Å²) in [7, 11) is 2.06. The van der Waals surface area contributed by atoms with Crippen molar-refractivity contribution in [1.29, 1.82) is 0 Å². The average molecular weight is 234 g/mol. The Balaban J connectivity index is 2.33. The number of carbonyl (C=O) groups is 1. The largest absolute Gasteiger partial charge is 0.371 e. The lowest BCUT2D eigenvalue weighted by Crippen LogP contribution is -2.51. The number of hydrogen-bond acceptors (Lipinski definition) is 4. The molecule has 5 heteroatoms. The van der Waals surface area contributed by atoms with Crippen LogP contribution in [0.25, 0.3) is 0 Å². The number of likely N-dealkylation sites (N-methyl/N-ethyl adjacent to an activating group) is 1. The monoisotopic (exact) mass is 234 g/mol. The molecule has 0 bridgehead atoms. The molecule has 92 valence electrons. The third-order valence-corrected chi connectivity index (χ3v) is 3.27. The molecule has 1 aliphatic rings. The fraction of sp³-hybridized carbons (Fsp3) is 0.417. The maximum atomic E-state index is 11.6. The van der Waals surface area contributed by atoms with Gasteiger partial charge in [0.1, 0.15) is 6.04 Å². The molecule has 0 spiro atoms. The molecule has 1 unspecified atom stereocenters. The molecule has 1 aliphatic heterocycles. The van der Waals surface area contributed by atoms with Gasteiger partial charge in [0.05, 0.1) is 11.4 Å². The maximum Gasteiger partial charge on any atom is 0.256 e. The zero-order chi connectivity index (χ0) is 12.4. The highest BCUT2D eigenvalue weighted by Gasteiger charge is 2.27.